The molecule has 0 bridgehead atoms. The minimum absolute atomic E-state index is 0.0297. The lowest BCUT2D eigenvalue weighted by Crippen LogP contribution is -2.49. The van der Waals surface area contributed by atoms with Crippen LogP contribution in [0.15, 0.2) is 18.2 Å². The number of ether oxygens (including phenoxy) is 2. The first-order chi connectivity index (χ1) is 12.2. The first-order valence-electron chi connectivity index (χ1n) is 8.96. The number of methoxy groups -OCH3 is 2. The SMILES string of the molecule is COc1ccc(CN(C)C(=O)C2CCCN2C(=O)C(C)(C)C)c(OC)c1. The molecule has 144 valence electrons. The van der Waals surface area contributed by atoms with Crippen molar-refractivity contribution in [2.24, 2.45) is 5.41 Å². The van der Waals surface area contributed by atoms with Gasteiger partial charge < -0.3 is 19.3 Å². The fourth-order valence-corrected chi connectivity index (χ4v) is 3.27. The fraction of sp³-hybridized carbons (Fsp3) is 0.600. The molecular formula is C20H30N2O4. The lowest BCUT2D eigenvalue weighted by atomic mass is 9.94. The van der Waals surface area contributed by atoms with Gasteiger partial charge in [-0.05, 0) is 25.0 Å². The molecule has 1 atom stereocenters. The third-order valence-electron chi connectivity index (χ3n) is 4.72. The number of likely N-dealkylation sites (tertiary alicyclic amines) is 1. The molecule has 1 aliphatic rings. The van der Waals surface area contributed by atoms with Crippen LogP contribution in [0.3, 0.4) is 0 Å². The Morgan fingerprint density at radius 1 is 1.23 bits per heavy atom. The molecule has 0 N–H and O–H groups in total. The highest BCUT2D eigenvalue weighted by Crippen LogP contribution is 2.28. The zero-order chi connectivity index (χ0) is 19.5. The summed E-state index contributed by atoms with van der Waals surface area (Å²) >= 11 is 0. The summed E-state index contributed by atoms with van der Waals surface area (Å²) in [6.07, 6.45) is 1.57. The minimum atomic E-state index is -0.485. The van der Waals surface area contributed by atoms with Crippen LogP contribution in [-0.4, -0.2) is 55.5 Å². The van der Waals surface area contributed by atoms with Crippen molar-refractivity contribution in [1.29, 1.82) is 0 Å². The third-order valence-corrected chi connectivity index (χ3v) is 4.72. The smallest absolute Gasteiger partial charge is 0.245 e. The van der Waals surface area contributed by atoms with Gasteiger partial charge in [-0.2, -0.15) is 0 Å². The van der Waals surface area contributed by atoms with Crippen molar-refractivity contribution in [2.75, 3.05) is 27.8 Å². The molecule has 0 saturated carbocycles. The number of carbonyl (C=O) groups excluding carboxylic acids is 2. The number of rotatable bonds is 5. The van der Waals surface area contributed by atoms with Gasteiger partial charge in [0.2, 0.25) is 11.8 Å². The van der Waals surface area contributed by atoms with Gasteiger partial charge in [0.15, 0.2) is 0 Å². The topological polar surface area (TPSA) is 59.1 Å². The van der Waals surface area contributed by atoms with E-state index in [-0.39, 0.29) is 17.9 Å². The third kappa shape index (κ3) is 4.29. The van der Waals surface area contributed by atoms with Gasteiger partial charge in [0.05, 0.1) is 14.2 Å². The predicted octanol–water partition coefficient (Wildman–Crippen LogP) is 2.70. The molecule has 0 radical (unpaired) electrons. The van der Waals surface area contributed by atoms with Crippen molar-refractivity contribution in [2.45, 2.75) is 46.2 Å². The van der Waals surface area contributed by atoms with Gasteiger partial charge in [-0.1, -0.05) is 20.8 Å². The van der Waals surface area contributed by atoms with Gasteiger partial charge in [0, 0.05) is 37.2 Å². The van der Waals surface area contributed by atoms with Crippen molar-refractivity contribution >= 4 is 11.8 Å². The summed E-state index contributed by atoms with van der Waals surface area (Å²) in [7, 11) is 4.97. The van der Waals surface area contributed by atoms with Crippen LogP contribution in [0.5, 0.6) is 11.5 Å². The largest absolute Gasteiger partial charge is 0.497 e. The zero-order valence-electron chi connectivity index (χ0n) is 16.7. The Bertz CT molecular complexity index is 666. The molecule has 0 aromatic heterocycles. The lowest BCUT2D eigenvalue weighted by Gasteiger charge is -2.32. The maximum Gasteiger partial charge on any atom is 0.245 e. The first kappa shape index (κ1) is 20.1. The van der Waals surface area contributed by atoms with Crippen molar-refractivity contribution in [1.82, 2.24) is 9.80 Å². The molecule has 0 aliphatic carbocycles. The van der Waals surface area contributed by atoms with Gasteiger partial charge in [-0.15, -0.1) is 0 Å². The summed E-state index contributed by atoms with van der Waals surface area (Å²) in [5.41, 5.74) is 0.413. The molecule has 2 rings (SSSR count). The fourth-order valence-electron chi connectivity index (χ4n) is 3.27. The molecule has 1 aromatic carbocycles. The van der Waals surface area contributed by atoms with Crippen LogP contribution in [-0.2, 0) is 16.1 Å². The van der Waals surface area contributed by atoms with Crippen LogP contribution >= 0.6 is 0 Å². The summed E-state index contributed by atoms with van der Waals surface area (Å²) in [5, 5.41) is 0. The second-order valence-electron chi connectivity index (χ2n) is 7.78. The number of hydrogen-bond donors (Lipinski definition) is 0. The normalized spacial score (nSPS) is 17.2. The maximum atomic E-state index is 13.0. The van der Waals surface area contributed by atoms with Crippen LogP contribution in [0, 0.1) is 5.41 Å². The Hall–Kier alpha value is -2.24. The van der Waals surface area contributed by atoms with Gasteiger partial charge in [-0.25, -0.2) is 0 Å². The molecule has 1 aromatic rings. The van der Waals surface area contributed by atoms with E-state index in [0.29, 0.717) is 31.0 Å². The van der Waals surface area contributed by atoms with E-state index in [0.717, 1.165) is 12.0 Å². The highest BCUT2D eigenvalue weighted by molar-refractivity contribution is 5.90. The van der Waals surface area contributed by atoms with E-state index in [4.69, 9.17) is 9.47 Å². The van der Waals surface area contributed by atoms with Crippen LogP contribution in [0.4, 0.5) is 0 Å². The molecule has 0 spiro atoms. The Morgan fingerprint density at radius 3 is 2.50 bits per heavy atom. The molecule has 1 fully saturated rings. The molecule has 6 nitrogen and oxygen atoms in total. The zero-order valence-corrected chi connectivity index (χ0v) is 16.7. The van der Waals surface area contributed by atoms with E-state index in [9.17, 15) is 9.59 Å². The highest BCUT2D eigenvalue weighted by atomic mass is 16.5. The Kier molecular flexibility index (Phi) is 6.16. The average Bonchev–Trinajstić information content (AvgIpc) is 3.09. The van der Waals surface area contributed by atoms with E-state index in [1.807, 2.05) is 32.9 Å². The van der Waals surface area contributed by atoms with Crippen molar-refractivity contribution in [3.8, 4) is 11.5 Å². The quantitative estimate of drug-likeness (QED) is 0.808. The van der Waals surface area contributed by atoms with Crippen LogP contribution in [0.2, 0.25) is 0 Å². The van der Waals surface area contributed by atoms with Crippen molar-refractivity contribution in [3.63, 3.8) is 0 Å². The van der Waals surface area contributed by atoms with Crippen LogP contribution < -0.4 is 9.47 Å². The minimum Gasteiger partial charge on any atom is -0.497 e. The average molecular weight is 362 g/mol. The van der Waals surface area contributed by atoms with E-state index in [2.05, 4.69) is 0 Å². The molecule has 1 heterocycles. The maximum absolute atomic E-state index is 13.0. The highest BCUT2D eigenvalue weighted by Gasteiger charge is 2.39. The molecule has 26 heavy (non-hydrogen) atoms. The number of hydrogen-bond acceptors (Lipinski definition) is 4. The summed E-state index contributed by atoms with van der Waals surface area (Å²) < 4.78 is 10.6. The molecule has 1 unspecified atom stereocenters. The Balaban J connectivity index is 2.13. The summed E-state index contributed by atoms with van der Waals surface area (Å²) in [4.78, 5) is 29.0. The van der Waals surface area contributed by atoms with Gasteiger partial charge >= 0.3 is 0 Å². The van der Waals surface area contributed by atoms with Crippen LogP contribution in [0.25, 0.3) is 0 Å². The molecule has 2 amide bonds. The molecular weight excluding hydrogens is 332 g/mol. The molecule has 6 heteroatoms. The van der Waals surface area contributed by atoms with Gasteiger partial charge in [-0.3, -0.25) is 9.59 Å². The lowest BCUT2D eigenvalue weighted by molar-refractivity contribution is -0.148. The van der Waals surface area contributed by atoms with E-state index in [1.54, 1.807) is 37.1 Å². The second-order valence-corrected chi connectivity index (χ2v) is 7.78. The Morgan fingerprint density at radius 2 is 1.92 bits per heavy atom. The molecule has 1 aliphatic heterocycles. The summed E-state index contributed by atoms with van der Waals surface area (Å²) in [5.74, 6) is 1.39. The first-order valence-corrected chi connectivity index (χ1v) is 8.96. The van der Waals surface area contributed by atoms with Crippen molar-refractivity contribution in [3.05, 3.63) is 23.8 Å². The van der Waals surface area contributed by atoms with Gasteiger partial charge in [0.25, 0.3) is 0 Å². The number of benzene rings is 1. The van der Waals surface area contributed by atoms with Gasteiger partial charge in [0.1, 0.15) is 17.5 Å². The number of carbonyl (C=O) groups is 2. The predicted molar refractivity (Wildman–Crippen MR) is 100 cm³/mol. The van der Waals surface area contributed by atoms with E-state index < -0.39 is 5.41 Å². The van der Waals surface area contributed by atoms with E-state index >= 15 is 0 Å². The standard InChI is InChI=1S/C20H30N2O4/c1-20(2,3)19(24)22-11-7-8-16(22)18(23)21(4)13-14-9-10-15(25-5)12-17(14)26-6/h9-10,12,16H,7-8,11,13H2,1-6H3. The Labute approximate surface area is 156 Å². The second kappa shape index (κ2) is 7.98. The van der Waals surface area contributed by atoms with Crippen molar-refractivity contribution < 1.29 is 19.1 Å². The summed E-state index contributed by atoms with van der Waals surface area (Å²) in [6, 6.07) is 5.17. The number of nitrogens with zero attached hydrogens (tertiary/aromatic N) is 2. The van der Waals surface area contributed by atoms with Crippen LogP contribution in [0.1, 0.15) is 39.2 Å². The monoisotopic (exact) mass is 362 g/mol. The molecule has 1 saturated heterocycles. The summed E-state index contributed by atoms with van der Waals surface area (Å²) in [6.45, 7) is 6.73. The van der Waals surface area contributed by atoms with E-state index in [1.165, 1.54) is 0 Å². The number of likely N-dealkylation sites (N-methyl/N-ethyl adjacent to an activating group) is 1. The number of amides is 2.